The third-order valence-electron chi connectivity index (χ3n) is 4.31. The van der Waals surface area contributed by atoms with Crippen molar-refractivity contribution in [2.24, 2.45) is 4.99 Å². The summed E-state index contributed by atoms with van der Waals surface area (Å²) in [6.45, 7) is 3.89. The SMILES string of the molecule is C=C1N=c2ccccc2=C1C1C(C(F)(F)F)=Cc2ccccc21. The highest BCUT2D eigenvalue weighted by molar-refractivity contribution is 5.83. The first-order valence-corrected chi connectivity index (χ1v) is 7.22. The highest BCUT2D eigenvalue weighted by atomic mass is 19.4. The Bertz CT molecular complexity index is 980. The molecule has 2 aromatic carbocycles. The van der Waals surface area contributed by atoms with Crippen molar-refractivity contribution < 1.29 is 13.2 Å². The molecule has 1 aliphatic heterocycles. The predicted octanol–water partition coefficient (Wildman–Crippen LogP) is 3.73. The molecule has 0 saturated heterocycles. The minimum atomic E-state index is -4.39. The number of benzene rings is 2. The number of alkyl halides is 3. The van der Waals surface area contributed by atoms with Gasteiger partial charge >= 0.3 is 6.18 Å². The number of halogens is 3. The van der Waals surface area contributed by atoms with Crippen LogP contribution in [0.25, 0.3) is 11.6 Å². The monoisotopic (exact) mass is 311 g/mol. The Balaban J connectivity index is 2.04. The summed E-state index contributed by atoms with van der Waals surface area (Å²) in [7, 11) is 0. The number of fused-ring (bicyclic) bond motifs is 2. The summed E-state index contributed by atoms with van der Waals surface area (Å²) in [5, 5.41) is 1.41. The molecule has 4 heteroatoms. The summed E-state index contributed by atoms with van der Waals surface area (Å²) in [6, 6.07) is 14.2. The van der Waals surface area contributed by atoms with Crippen molar-refractivity contribution in [2.45, 2.75) is 12.1 Å². The highest BCUT2D eigenvalue weighted by Gasteiger charge is 2.45. The van der Waals surface area contributed by atoms with Crippen molar-refractivity contribution in [3.05, 3.63) is 88.1 Å². The zero-order valence-electron chi connectivity index (χ0n) is 12.1. The van der Waals surface area contributed by atoms with Crippen LogP contribution >= 0.6 is 0 Å². The topological polar surface area (TPSA) is 12.4 Å². The van der Waals surface area contributed by atoms with Crippen molar-refractivity contribution in [1.29, 1.82) is 0 Å². The van der Waals surface area contributed by atoms with Gasteiger partial charge in [0, 0.05) is 16.7 Å². The summed E-state index contributed by atoms with van der Waals surface area (Å²) >= 11 is 0. The molecule has 0 aromatic heterocycles. The van der Waals surface area contributed by atoms with Gasteiger partial charge in [-0.05, 0) is 28.8 Å². The van der Waals surface area contributed by atoms with Gasteiger partial charge < -0.3 is 0 Å². The molecular formula is C19H12F3N. The van der Waals surface area contributed by atoms with Crippen LogP contribution in [0.3, 0.4) is 0 Å². The van der Waals surface area contributed by atoms with E-state index in [0.29, 0.717) is 27.8 Å². The second kappa shape index (κ2) is 4.69. The van der Waals surface area contributed by atoms with Crippen LogP contribution in [0.5, 0.6) is 0 Å². The highest BCUT2D eigenvalue weighted by Crippen LogP contribution is 2.50. The molecule has 0 fully saturated rings. The van der Waals surface area contributed by atoms with E-state index in [0.717, 1.165) is 5.22 Å². The summed E-state index contributed by atoms with van der Waals surface area (Å²) in [6.07, 6.45) is -3.16. The average Bonchev–Trinajstić information content (AvgIpc) is 3.03. The molecule has 0 N–H and O–H groups in total. The maximum Gasteiger partial charge on any atom is 0.413 e. The molecule has 1 heterocycles. The van der Waals surface area contributed by atoms with Crippen LogP contribution in [-0.4, -0.2) is 6.18 Å². The standard InChI is InChI=1S/C19H12F3N/c1-11-17(14-8-4-5-9-16(14)23-11)18-13-7-3-2-6-12(13)10-15(18)19(20,21)22/h2-10,18H,1H2. The number of para-hydroxylation sites is 1. The van der Waals surface area contributed by atoms with E-state index in [-0.39, 0.29) is 0 Å². The first kappa shape index (κ1) is 14.0. The Morgan fingerprint density at radius 1 is 0.957 bits per heavy atom. The van der Waals surface area contributed by atoms with E-state index in [9.17, 15) is 13.2 Å². The molecule has 0 bridgehead atoms. The first-order chi connectivity index (χ1) is 11.0. The average molecular weight is 311 g/mol. The van der Waals surface area contributed by atoms with E-state index in [4.69, 9.17) is 0 Å². The maximum absolute atomic E-state index is 13.6. The van der Waals surface area contributed by atoms with Gasteiger partial charge in [0.25, 0.3) is 0 Å². The second-order valence-corrected chi connectivity index (χ2v) is 5.65. The van der Waals surface area contributed by atoms with E-state index in [1.807, 2.05) is 12.1 Å². The summed E-state index contributed by atoms with van der Waals surface area (Å²) < 4.78 is 40.8. The van der Waals surface area contributed by atoms with Gasteiger partial charge in [-0.15, -0.1) is 0 Å². The van der Waals surface area contributed by atoms with Crippen molar-refractivity contribution >= 4 is 11.6 Å². The van der Waals surface area contributed by atoms with E-state index in [2.05, 4.69) is 11.6 Å². The molecule has 4 rings (SSSR count). The van der Waals surface area contributed by atoms with Gasteiger partial charge in [0.2, 0.25) is 0 Å². The Kier molecular flexibility index (Phi) is 2.85. The predicted molar refractivity (Wildman–Crippen MR) is 83.0 cm³/mol. The Morgan fingerprint density at radius 3 is 2.43 bits per heavy atom. The van der Waals surface area contributed by atoms with E-state index >= 15 is 0 Å². The van der Waals surface area contributed by atoms with E-state index in [1.54, 1.807) is 36.4 Å². The number of rotatable bonds is 1. The fourth-order valence-corrected chi connectivity index (χ4v) is 3.36. The molecule has 1 nitrogen and oxygen atoms in total. The third kappa shape index (κ3) is 2.05. The summed E-state index contributed by atoms with van der Waals surface area (Å²) in [5.41, 5.74) is 1.66. The van der Waals surface area contributed by atoms with Crippen LogP contribution < -0.4 is 10.6 Å². The number of hydrogen-bond acceptors (Lipinski definition) is 1. The number of allylic oxidation sites excluding steroid dienone is 2. The van der Waals surface area contributed by atoms with Crippen molar-refractivity contribution in [3.63, 3.8) is 0 Å². The molecule has 0 spiro atoms. The largest absolute Gasteiger partial charge is 0.413 e. The van der Waals surface area contributed by atoms with Gasteiger partial charge in [0.1, 0.15) is 0 Å². The molecule has 1 aliphatic carbocycles. The van der Waals surface area contributed by atoms with Gasteiger partial charge in [-0.3, -0.25) is 0 Å². The zero-order chi connectivity index (χ0) is 16.2. The van der Waals surface area contributed by atoms with Crippen LogP contribution in [0.4, 0.5) is 13.2 Å². The molecule has 2 aromatic rings. The van der Waals surface area contributed by atoms with Crippen LogP contribution in [0.2, 0.25) is 0 Å². The second-order valence-electron chi connectivity index (χ2n) is 5.65. The Labute approximate surface area is 130 Å². The Morgan fingerprint density at radius 2 is 1.65 bits per heavy atom. The smallest absolute Gasteiger partial charge is 0.249 e. The summed E-state index contributed by atoms with van der Waals surface area (Å²) in [5.74, 6) is -0.869. The zero-order valence-corrected chi connectivity index (χ0v) is 12.1. The normalized spacial score (nSPS) is 19.3. The molecule has 2 aliphatic rings. The van der Waals surface area contributed by atoms with Crippen molar-refractivity contribution in [1.82, 2.24) is 0 Å². The van der Waals surface area contributed by atoms with Gasteiger partial charge in [-0.2, -0.15) is 13.2 Å². The number of nitrogens with zero attached hydrogens (tertiary/aromatic N) is 1. The fraction of sp³-hybridized carbons (Fsp3) is 0.105. The molecule has 1 atom stereocenters. The maximum atomic E-state index is 13.6. The lowest BCUT2D eigenvalue weighted by molar-refractivity contribution is -0.0929. The van der Waals surface area contributed by atoms with Crippen LogP contribution in [0.1, 0.15) is 17.0 Å². The van der Waals surface area contributed by atoms with Crippen molar-refractivity contribution in [3.8, 4) is 0 Å². The lowest BCUT2D eigenvalue weighted by Crippen LogP contribution is -2.26. The van der Waals surface area contributed by atoms with Gasteiger partial charge in [0.15, 0.2) is 0 Å². The molecular weight excluding hydrogens is 299 g/mol. The summed E-state index contributed by atoms with van der Waals surface area (Å²) in [4.78, 5) is 4.34. The first-order valence-electron chi connectivity index (χ1n) is 7.22. The van der Waals surface area contributed by atoms with Crippen LogP contribution in [-0.2, 0) is 0 Å². The van der Waals surface area contributed by atoms with Crippen LogP contribution in [0.15, 0.2) is 71.4 Å². The number of hydrogen-bond donors (Lipinski definition) is 0. The lowest BCUT2D eigenvalue weighted by Gasteiger charge is -2.21. The quantitative estimate of drug-likeness (QED) is 0.761. The molecule has 1 unspecified atom stereocenters. The molecule has 0 saturated carbocycles. The van der Waals surface area contributed by atoms with Gasteiger partial charge in [-0.25, -0.2) is 4.99 Å². The molecule has 0 amide bonds. The van der Waals surface area contributed by atoms with Crippen LogP contribution in [0, 0.1) is 0 Å². The lowest BCUT2D eigenvalue weighted by atomic mass is 9.85. The molecule has 114 valence electrons. The molecule has 23 heavy (non-hydrogen) atoms. The van der Waals surface area contributed by atoms with Crippen molar-refractivity contribution in [2.75, 3.05) is 0 Å². The van der Waals surface area contributed by atoms with E-state index in [1.165, 1.54) is 6.08 Å². The fourth-order valence-electron chi connectivity index (χ4n) is 3.36. The minimum absolute atomic E-state index is 0.406. The third-order valence-corrected chi connectivity index (χ3v) is 4.31. The van der Waals surface area contributed by atoms with Gasteiger partial charge in [-0.1, -0.05) is 49.0 Å². The Hall–Kier alpha value is -2.62. The van der Waals surface area contributed by atoms with E-state index < -0.39 is 17.7 Å². The minimum Gasteiger partial charge on any atom is -0.249 e. The molecule has 0 radical (unpaired) electrons. The van der Waals surface area contributed by atoms with Gasteiger partial charge in [0.05, 0.1) is 11.1 Å².